The highest BCUT2D eigenvalue weighted by molar-refractivity contribution is 6.34. The molecule has 0 atom stereocenters. The number of aromatic amines is 1. The molecule has 2 rings (SSSR count). The van der Waals surface area contributed by atoms with Crippen LogP contribution in [0, 0.1) is 6.92 Å². The molecule has 6 nitrogen and oxygen atoms in total. The summed E-state index contributed by atoms with van der Waals surface area (Å²) < 4.78 is 0. The first kappa shape index (κ1) is 16.0. The normalized spacial score (nSPS) is 10.6. The van der Waals surface area contributed by atoms with Crippen molar-refractivity contribution in [2.75, 3.05) is 5.32 Å². The molecule has 0 radical (unpaired) electrons. The van der Waals surface area contributed by atoms with Crippen molar-refractivity contribution in [2.24, 2.45) is 0 Å². The molecule has 0 saturated heterocycles. The summed E-state index contributed by atoms with van der Waals surface area (Å²) in [5.41, 5.74) is 1.24. The smallest absolute Gasteiger partial charge is 0.269 e. The quantitative estimate of drug-likeness (QED) is 0.809. The molecular formula is C15H17ClN4O2. The van der Waals surface area contributed by atoms with E-state index in [9.17, 15) is 9.59 Å². The van der Waals surface area contributed by atoms with Crippen LogP contribution >= 0.6 is 11.6 Å². The van der Waals surface area contributed by atoms with Crippen LogP contribution in [-0.2, 0) is 0 Å². The van der Waals surface area contributed by atoms with Gasteiger partial charge in [0.2, 0.25) is 0 Å². The van der Waals surface area contributed by atoms with Crippen LogP contribution in [0.25, 0.3) is 0 Å². The van der Waals surface area contributed by atoms with E-state index in [1.54, 1.807) is 31.2 Å². The molecule has 7 heteroatoms. The van der Waals surface area contributed by atoms with Crippen molar-refractivity contribution in [3.63, 3.8) is 0 Å². The fourth-order valence-corrected chi connectivity index (χ4v) is 2.12. The molecule has 0 unspecified atom stereocenters. The highest BCUT2D eigenvalue weighted by atomic mass is 35.5. The van der Waals surface area contributed by atoms with E-state index in [1.165, 1.54) is 0 Å². The number of aromatic nitrogens is 2. The molecule has 2 aromatic rings. The fraction of sp³-hybridized carbons (Fsp3) is 0.267. The highest BCUT2D eigenvalue weighted by Crippen LogP contribution is 2.19. The van der Waals surface area contributed by atoms with Gasteiger partial charge in [0.25, 0.3) is 11.8 Å². The van der Waals surface area contributed by atoms with E-state index in [2.05, 4.69) is 20.8 Å². The van der Waals surface area contributed by atoms with E-state index in [0.29, 0.717) is 27.7 Å². The number of H-pyrrole nitrogens is 1. The van der Waals surface area contributed by atoms with E-state index in [-0.39, 0.29) is 17.9 Å². The minimum absolute atomic E-state index is 0.0105. The van der Waals surface area contributed by atoms with E-state index in [0.717, 1.165) is 0 Å². The Labute approximate surface area is 133 Å². The van der Waals surface area contributed by atoms with Crippen LogP contribution in [0.4, 0.5) is 5.82 Å². The molecule has 0 spiro atoms. The van der Waals surface area contributed by atoms with Crippen LogP contribution in [0.3, 0.4) is 0 Å². The second kappa shape index (κ2) is 6.62. The SMILES string of the molecule is Cc1c(NC(=O)c2ccccc2Cl)n[nH]c1C(=O)NC(C)C. The average molecular weight is 321 g/mol. The molecule has 0 aliphatic heterocycles. The Morgan fingerprint density at radius 1 is 1.23 bits per heavy atom. The summed E-state index contributed by atoms with van der Waals surface area (Å²) in [6.45, 7) is 5.44. The average Bonchev–Trinajstić information content (AvgIpc) is 2.80. The zero-order valence-corrected chi connectivity index (χ0v) is 13.3. The van der Waals surface area contributed by atoms with E-state index in [4.69, 9.17) is 11.6 Å². The number of hydrogen-bond acceptors (Lipinski definition) is 3. The predicted molar refractivity (Wildman–Crippen MR) is 85.3 cm³/mol. The van der Waals surface area contributed by atoms with Crippen LogP contribution < -0.4 is 10.6 Å². The van der Waals surface area contributed by atoms with Crippen molar-refractivity contribution >= 4 is 29.2 Å². The number of nitrogens with one attached hydrogen (secondary N) is 3. The minimum Gasteiger partial charge on any atom is -0.349 e. The zero-order valence-electron chi connectivity index (χ0n) is 12.5. The standard InChI is InChI=1S/C15H17ClN4O2/c1-8(2)17-15(22)12-9(3)13(20-19-12)18-14(21)10-6-4-5-7-11(10)16/h4-8H,1-3H3,(H,17,22)(H2,18,19,20,21). The van der Waals surface area contributed by atoms with Gasteiger partial charge in [-0.05, 0) is 32.9 Å². The number of carbonyl (C=O) groups is 2. The summed E-state index contributed by atoms with van der Waals surface area (Å²) in [7, 11) is 0. The van der Waals surface area contributed by atoms with Gasteiger partial charge in [-0.15, -0.1) is 0 Å². The summed E-state index contributed by atoms with van der Waals surface area (Å²) in [5.74, 6) is -0.340. The Morgan fingerprint density at radius 2 is 1.91 bits per heavy atom. The Morgan fingerprint density at radius 3 is 2.55 bits per heavy atom. The third kappa shape index (κ3) is 3.46. The maximum Gasteiger partial charge on any atom is 0.269 e. The van der Waals surface area contributed by atoms with Gasteiger partial charge in [0.1, 0.15) is 5.69 Å². The Bertz CT molecular complexity index is 709. The number of nitrogens with zero attached hydrogens (tertiary/aromatic N) is 1. The van der Waals surface area contributed by atoms with Crippen molar-refractivity contribution in [3.8, 4) is 0 Å². The number of benzene rings is 1. The van der Waals surface area contributed by atoms with Crippen molar-refractivity contribution in [1.82, 2.24) is 15.5 Å². The van der Waals surface area contributed by atoms with Crippen LogP contribution in [-0.4, -0.2) is 28.1 Å². The van der Waals surface area contributed by atoms with E-state index in [1.807, 2.05) is 13.8 Å². The van der Waals surface area contributed by atoms with Crippen LogP contribution in [0.1, 0.15) is 40.3 Å². The number of rotatable bonds is 4. The first-order chi connectivity index (χ1) is 10.4. The summed E-state index contributed by atoms with van der Waals surface area (Å²) in [6, 6.07) is 6.73. The van der Waals surface area contributed by atoms with Crippen LogP contribution in [0.15, 0.2) is 24.3 Å². The third-order valence-corrected chi connectivity index (χ3v) is 3.34. The molecular weight excluding hydrogens is 304 g/mol. The molecule has 0 saturated carbocycles. The molecule has 1 heterocycles. The molecule has 0 bridgehead atoms. The van der Waals surface area contributed by atoms with Crippen LogP contribution in [0.5, 0.6) is 0 Å². The monoisotopic (exact) mass is 320 g/mol. The highest BCUT2D eigenvalue weighted by Gasteiger charge is 2.19. The molecule has 1 aromatic heterocycles. The van der Waals surface area contributed by atoms with Crippen molar-refractivity contribution in [3.05, 3.63) is 46.1 Å². The van der Waals surface area contributed by atoms with E-state index >= 15 is 0 Å². The second-order valence-electron chi connectivity index (χ2n) is 5.13. The van der Waals surface area contributed by atoms with Crippen molar-refractivity contribution < 1.29 is 9.59 Å². The number of halogens is 1. The lowest BCUT2D eigenvalue weighted by Gasteiger charge is -2.07. The van der Waals surface area contributed by atoms with Crippen LogP contribution in [0.2, 0.25) is 5.02 Å². The molecule has 1 aromatic carbocycles. The van der Waals surface area contributed by atoms with Gasteiger partial charge < -0.3 is 10.6 Å². The van der Waals surface area contributed by atoms with Gasteiger partial charge in [0, 0.05) is 11.6 Å². The molecule has 0 fully saturated rings. The van der Waals surface area contributed by atoms with Crippen molar-refractivity contribution in [2.45, 2.75) is 26.8 Å². The molecule has 0 aliphatic carbocycles. The van der Waals surface area contributed by atoms with Gasteiger partial charge in [-0.2, -0.15) is 5.10 Å². The topological polar surface area (TPSA) is 86.9 Å². The molecule has 3 N–H and O–H groups in total. The first-order valence-electron chi connectivity index (χ1n) is 6.82. The minimum atomic E-state index is -0.379. The lowest BCUT2D eigenvalue weighted by Crippen LogP contribution is -2.30. The second-order valence-corrected chi connectivity index (χ2v) is 5.54. The maximum atomic E-state index is 12.2. The van der Waals surface area contributed by atoms with E-state index < -0.39 is 0 Å². The fourth-order valence-electron chi connectivity index (χ4n) is 1.90. The Kier molecular flexibility index (Phi) is 4.82. The van der Waals surface area contributed by atoms with Gasteiger partial charge in [-0.1, -0.05) is 23.7 Å². The summed E-state index contributed by atoms with van der Waals surface area (Å²) in [5, 5.41) is 12.4. The summed E-state index contributed by atoms with van der Waals surface area (Å²) in [4.78, 5) is 24.2. The van der Waals surface area contributed by atoms with Gasteiger partial charge in [-0.25, -0.2) is 0 Å². The number of carbonyl (C=O) groups excluding carboxylic acids is 2. The largest absolute Gasteiger partial charge is 0.349 e. The molecule has 22 heavy (non-hydrogen) atoms. The number of amides is 2. The number of hydrogen-bond donors (Lipinski definition) is 3. The van der Waals surface area contributed by atoms with Crippen molar-refractivity contribution in [1.29, 1.82) is 0 Å². The number of anilines is 1. The summed E-state index contributed by atoms with van der Waals surface area (Å²) in [6.07, 6.45) is 0. The first-order valence-corrected chi connectivity index (χ1v) is 7.19. The van der Waals surface area contributed by atoms with Gasteiger partial charge >= 0.3 is 0 Å². The Balaban J connectivity index is 2.18. The van der Waals surface area contributed by atoms with Gasteiger partial charge in [-0.3, -0.25) is 14.7 Å². The Hall–Kier alpha value is -2.34. The lowest BCUT2D eigenvalue weighted by atomic mass is 10.2. The zero-order chi connectivity index (χ0) is 16.3. The third-order valence-electron chi connectivity index (χ3n) is 3.01. The predicted octanol–water partition coefficient (Wildman–Crippen LogP) is 2.76. The summed E-state index contributed by atoms with van der Waals surface area (Å²) >= 11 is 5.98. The molecule has 116 valence electrons. The van der Waals surface area contributed by atoms with Gasteiger partial charge in [0.15, 0.2) is 5.82 Å². The lowest BCUT2D eigenvalue weighted by molar-refractivity contribution is 0.0936. The molecule has 0 aliphatic rings. The maximum absolute atomic E-state index is 12.2. The van der Waals surface area contributed by atoms with Gasteiger partial charge in [0.05, 0.1) is 10.6 Å². The molecule has 2 amide bonds.